The van der Waals surface area contributed by atoms with Crippen LogP contribution in [0.4, 0.5) is 17.3 Å². The van der Waals surface area contributed by atoms with Crippen LogP contribution >= 0.6 is 23.2 Å². The zero-order chi connectivity index (χ0) is 21.0. The highest BCUT2D eigenvalue weighted by molar-refractivity contribution is 6.35. The molecule has 0 aliphatic carbocycles. The fraction of sp³-hybridized carbons (Fsp3) is 0.333. The Kier molecular flexibility index (Phi) is 6.60. The number of rotatable bonds is 6. The van der Waals surface area contributed by atoms with Gasteiger partial charge < -0.3 is 27.0 Å². The number of hydrogen-bond donors (Lipinski definition) is 4. The van der Waals surface area contributed by atoms with E-state index in [0.717, 1.165) is 12.8 Å². The second-order valence-corrected chi connectivity index (χ2v) is 7.55. The van der Waals surface area contributed by atoms with Crippen LogP contribution in [0.5, 0.6) is 0 Å². The van der Waals surface area contributed by atoms with E-state index in [9.17, 15) is 9.59 Å². The Bertz CT molecular complexity index is 905. The maximum absolute atomic E-state index is 12.6. The summed E-state index contributed by atoms with van der Waals surface area (Å²) in [6.07, 6.45) is 2.87. The molecule has 2 heterocycles. The first kappa shape index (κ1) is 20.9. The number of anilines is 3. The predicted molar refractivity (Wildman–Crippen MR) is 113 cm³/mol. The first-order valence-corrected chi connectivity index (χ1v) is 9.73. The van der Waals surface area contributed by atoms with E-state index < -0.39 is 5.91 Å². The molecule has 0 spiro atoms. The lowest BCUT2D eigenvalue weighted by Crippen LogP contribution is -2.47. The number of halogens is 2. The largest absolute Gasteiger partial charge is 0.383 e. The van der Waals surface area contributed by atoms with E-state index in [1.54, 1.807) is 23.1 Å². The molecule has 1 aliphatic rings. The molecule has 2 amide bonds. The van der Waals surface area contributed by atoms with Gasteiger partial charge in [0.15, 0.2) is 0 Å². The van der Waals surface area contributed by atoms with Gasteiger partial charge in [-0.15, -0.1) is 0 Å². The van der Waals surface area contributed by atoms with Gasteiger partial charge in [-0.1, -0.05) is 23.2 Å². The zero-order valence-electron chi connectivity index (χ0n) is 15.5. The number of nitrogen functional groups attached to an aromatic ring is 1. The summed E-state index contributed by atoms with van der Waals surface area (Å²) in [5.74, 6) is -0.484. The van der Waals surface area contributed by atoms with Crippen LogP contribution in [0.2, 0.25) is 10.0 Å². The normalized spacial score (nSPS) is 16.3. The first-order valence-electron chi connectivity index (χ1n) is 8.98. The zero-order valence-corrected chi connectivity index (χ0v) is 17.0. The number of piperidine rings is 1. The van der Waals surface area contributed by atoms with Crippen LogP contribution in [-0.2, 0) is 4.79 Å². The van der Waals surface area contributed by atoms with Crippen molar-refractivity contribution < 1.29 is 9.59 Å². The molecule has 11 heteroatoms. The van der Waals surface area contributed by atoms with E-state index in [2.05, 4.69) is 20.6 Å². The second-order valence-electron chi connectivity index (χ2n) is 6.68. The second kappa shape index (κ2) is 9.15. The van der Waals surface area contributed by atoms with Crippen LogP contribution in [0.1, 0.15) is 23.2 Å². The van der Waals surface area contributed by atoms with Crippen molar-refractivity contribution in [2.45, 2.75) is 18.9 Å². The number of hydrogen-bond acceptors (Lipinski definition) is 7. The van der Waals surface area contributed by atoms with Gasteiger partial charge in [0.2, 0.25) is 5.91 Å². The maximum Gasteiger partial charge on any atom is 0.256 e. The molecule has 0 saturated carbocycles. The summed E-state index contributed by atoms with van der Waals surface area (Å²) < 4.78 is 0. The molecule has 1 atom stereocenters. The van der Waals surface area contributed by atoms with E-state index in [4.69, 9.17) is 34.7 Å². The molecule has 6 N–H and O–H groups in total. The number of carbonyl (C=O) groups excluding carboxylic acids is 2. The van der Waals surface area contributed by atoms with Gasteiger partial charge in [0.25, 0.3) is 5.91 Å². The predicted octanol–water partition coefficient (Wildman–Crippen LogP) is 1.98. The average molecular weight is 438 g/mol. The van der Waals surface area contributed by atoms with Gasteiger partial charge in [-0.3, -0.25) is 9.59 Å². The summed E-state index contributed by atoms with van der Waals surface area (Å²) in [6.45, 7) is 1.21. The third-order valence-electron chi connectivity index (χ3n) is 4.54. The molecule has 154 valence electrons. The number of benzene rings is 1. The third-order valence-corrected chi connectivity index (χ3v) is 4.98. The Morgan fingerprint density at radius 1 is 1.21 bits per heavy atom. The van der Waals surface area contributed by atoms with E-state index in [1.807, 2.05) is 0 Å². The van der Waals surface area contributed by atoms with Crippen LogP contribution < -0.4 is 22.1 Å². The van der Waals surface area contributed by atoms with Gasteiger partial charge in [-0.2, -0.15) is 0 Å². The monoisotopic (exact) mass is 437 g/mol. The standard InChI is InChI=1S/C18H21Cl2N7O2/c19-10-4-11(20)6-13(5-10)23-7-14(28)27-3-1-2-12(8-27)26-18-15(17(22)29)16(21)24-9-25-18/h4-6,9,12,23H,1-3,7-8H2,(H2,22,29)(H3,21,24,25,26)/t12-/m1/s1. The molecule has 1 aromatic heterocycles. The highest BCUT2D eigenvalue weighted by Crippen LogP contribution is 2.23. The number of likely N-dealkylation sites (tertiary alicyclic amines) is 1. The smallest absolute Gasteiger partial charge is 0.256 e. The van der Waals surface area contributed by atoms with E-state index in [1.165, 1.54) is 6.33 Å². The molecule has 2 aromatic rings. The highest BCUT2D eigenvalue weighted by atomic mass is 35.5. The Morgan fingerprint density at radius 3 is 2.62 bits per heavy atom. The molecule has 29 heavy (non-hydrogen) atoms. The lowest BCUT2D eigenvalue weighted by Gasteiger charge is -2.33. The minimum Gasteiger partial charge on any atom is -0.383 e. The van der Waals surface area contributed by atoms with Crippen molar-refractivity contribution in [3.05, 3.63) is 40.1 Å². The summed E-state index contributed by atoms with van der Waals surface area (Å²) >= 11 is 12.0. The fourth-order valence-electron chi connectivity index (χ4n) is 3.21. The lowest BCUT2D eigenvalue weighted by atomic mass is 10.1. The summed E-state index contributed by atoms with van der Waals surface area (Å²) in [4.78, 5) is 33.9. The van der Waals surface area contributed by atoms with Crippen LogP contribution in [0, 0.1) is 0 Å². The van der Waals surface area contributed by atoms with Crippen molar-refractivity contribution in [2.24, 2.45) is 5.73 Å². The summed E-state index contributed by atoms with van der Waals surface area (Å²) in [7, 11) is 0. The van der Waals surface area contributed by atoms with Crippen molar-refractivity contribution >= 4 is 52.3 Å². The number of carbonyl (C=O) groups is 2. The van der Waals surface area contributed by atoms with Crippen LogP contribution in [0.25, 0.3) is 0 Å². The maximum atomic E-state index is 12.6. The molecule has 0 bridgehead atoms. The number of aromatic nitrogens is 2. The van der Waals surface area contributed by atoms with E-state index in [0.29, 0.717) is 28.8 Å². The summed E-state index contributed by atoms with van der Waals surface area (Å²) in [5, 5.41) is 7.18. The fourth-order valence-corrected chi connectivity index (χ4v) is 3.74. The molecular formula is C18H21Cl2N7O2. The Balaban J connectivity index is 1.61. The van der Waals surface area contributed by atoms with Crippen LogP contribution in [0.3, 0.4) is 0 Å². The molecule has 0 unspecified atom stereocenters. The van der Waals surface area contributed by atoms with Crippen molar-refractivity contribution in [3.8, 4) is 0 Å². The lowest BCUT2D eigenvalue weighted by molar-refractivity contribution is -0.130. The van der Waals surface area contributed by atoms with Gasteiger partial charge in [0, 0.05) is 34.9 Å². The molecular weight excluding hydrogens is 417 g/mol. The Morgan fingerprint density at radius 2 is 1.93 bits per heavy atom. The van der Waals surface area contributed by atoms with Crippen LogP contribution in [0.15, 0.2) is 24.5 Å². The minimum atomic E-state index is -0.710. The van der Waals surface area contributed by atoms with Crippen molar-refractivity contribution in [1.29, 1.82) is 0 Å². The Labute approximate surface area is 177 Å². The minimum absolute atomic E-state index is 0.0168. The van der Waals surface area contributed by atoms with Crippen molar-refractivity contribution in [1.82, 2.24) is 14.9 Å². The topological polar surface area (TPSA) is 139 Å². The summed E-state index contributed by atoms with van der Waals surface area (Å²) in [5.41, 5.74) is 11.8. The number of nitrogens with one attached hydrogen (secondary N) is 2. The van der Waals surface area contributed by atoms with Crippen molar-refractivity contribution in [2.75, 3.05) is 36.0 Å². The van der Waals surface area contributed by atoms with Crippen LogP contribution in [-0.4, -0.2) is 52.4 Å². The number of nitrogens with zero attached hydrogens (tertiary/aromatic N) is 3. The molecule has 1 aromatic carbocycles. The highest BCUT2D eigenvalue weighted by Gasteiger charge is 2.25. The Hall–Kier alpha value is -2.78. The first-order chi connectivity index (χ1) is 13.8. The molecule has 9 nitrogen and oxygen atoms in total. The van der Waals surface area contributed by atoms with Gasteiger partial charge in [-0.05, 0) is 31.0 Å². The van der Waals surface area contributed by atoms with Gasteiger partial charge in [0.05, 0.1) is 6.54 Å². The number of primary amides is 1. The molecule has 0 radical (unpaired) electrons. The van der Waals surface area contributed by atoms with E-state index >= 15 is 0 Å². The molecule has 3 rings (SSSR count). The quantitative estimate of drug-likeness (QED) is 0.541. The molecule has 1 saturated heterocycles. The van der Waals surface area contributed by atoms with Gasteiger partial charge in [-0.25, -0.2) is 9.97 Å². The summed E-state index contributed by atoms with van der Waals surface area (Å²) in [6, 6.07) is 4.93. The number of amides is 2. The third kappa shape index (κ3) is 5.39. The SMILES string of the molecule is NC(=O)c1c(N)ncnc1N[C@@H]1CCCN(C(=O)CNc2cc(Cl)cc(Cl)c2)C1. The molecule has 1 aliphatic heterocycles. The van der Waals surface area contributed by atoms with Gasteiger partial charge >= 0.3 is 0 Å². The molecule has 1 fully saturated rings. The van der Waals surface area contributed by atoms with Crippen molar-refractivity contribution in [3.63, 3.8) is 0 Å². The average Bonchev–Trinajstić information content (AvgIpc) is 2.65. The van der Waals surface area contributed by atoms with E-state index in [-0.39, 0.29) is 35.7 Å². The number of nitrogens with two attached hydrogens (primary N) is 2. The van der Waals surface area contributed by atoms with Gasteiger partial charge in [0.1, 0.15) is 23.5 Å².